The minimum Gasteiger partial charge on any atom is -0.504 e. The van der Waals surface area contributed by atoms with Crippen LogP contribution in [-0.4, -0.2) is 75.2 Å². The van der Waals surface area contributed by atoms with Crippen molar-refractivity contribution in [3.05, 3.63) is 34.9 Å². The van der Waals surface area contributed by atoms with Gasteiger partial charge >= 0.3 is 0 Å². The van der Waals surface area contributed by atoms with Gasteiger partial charge in [-0.25, -0.2) is 0 Å². The number of phenols is 2. The molecule has 3 N–H and O–H groups in total. The Morgan fingerprint density at radius 2 is 1.97 bits per heavy atom. The summed E-state index contributed by atoms with van der Waals surface area (Å²) in [7, 11) is 0. The van der Waals surface area contributed by atoms with Crippen LogP contribution in [0.2, 0.25) is 5.02 Å². The van der Waals surface area contributed by atoms with Gasteiger partial charge in [-0.15, -0.1) is 0 Å². The average molecular weight is 423 g/mol. The molecule has 0 saturated carbocycles. The fourth-order valence-electron chi connectivity index (χ4n) is 4.34. The van der Waals surface area contributed by atoms with Crippen LogP contribution in [0.5, 0.6) is 11.5 Å². The van der Waals surface area contributed by atoms with Gasteiger partial charge in [-0.05, 0) is 23.6 Å². The molecule has 2 bridgehead atoms. The fraction of sp³-hybridized carbons (Fsp3) is 0.524. The van der Waals surface area contributed by atoms with E-state index in [2.05, 4.69) is 25.6 Å². The van der Waals surface area contributed by atoms with E-state index in [1.54, 1.807) is 4.90 Å². The van der Waals surface area contributed by atoms with Crippen molar-refractivity contribution >= 4 is 23.2 Å². The van der Waals surface area contributed by atoms with Crippen LogP contribution in [0.25, 0.3) is 0 Å². The Kier molecular flexibility index (Phi) is 6.10. The lowest BCUT2D eigenvalue weighted by molar-refractivity contribution is -0.925. The number of halogens is 1. The van der Waals surface area contributed by atoms with Crippen molar-refractivity contribution in [3.8, 4) is 11.5 Å². The molecule has 3 heterocycles. The highest BCUT2D eigenvalue weighted by molar-refractivity contribution is 6.49. The molecule has 1 aromatic carbocycles. The summed E-state index contributed by atoms with van der Waals surface area (Å²) in [6.07, 6.45) is 1.76. The van der Waals surface area contributed by atoms with Crippen LogP contribution in [0.15, 0.2) is 29.4 Å². The fourth-order valence-corrected chi connectivity index (χ4v) is 4.59. The van der Waals surface area contributed by atoms with Crippen LogP contribution in [0, 0.1) is 5.92 Å². The van der Waals surface area contributed by atoms with Crippen LogP contribution in [0.3, 0.4) is 0 Å². The first kappa shape index (κ1) is 21.5. The number of aromatic hydroxyl groups is 2. The van der Waals surface area contributed by atoms with E-state index in [9.17, 15) is 20.2 Å². The number of amides is 1. The Hall–Kier alpha value is -2.25. The van der Waals surface area contributed by atoms with Crippen molar-refractivity contribution in [1.82, 2.24) is 4.90 Å². The molecule has 3 fully saturated rings. The highest BCUT2D eigenvalue weighted by Gasteiger charge is 2.43. The molecule has 0 aliphatic carbocycles. The summed E-state index contributed by atoms with van der Waals surface area (Å²) in [5, 5.41) is 32.0. The van der Waals surface area contributed by atoms with Crippen LogP contribution in [-0.2, 0) is 4.79 Å². The monoisotopic (exact) mass is 422 g/mol. The molecule has 3 aliphatic rings. The van der Waals surface area contributed by atoms with Gasteiger partial charge in [0.25, 0.3) is 5.91 Å². The molecule has 3 aliphatic heterocycles. The highest BCUT2D eigenvalue weighted by Crippen LogP contribution is 2.36. The summed E-state index contributed by atoms with van der Waals surface area (Å²) < 4.78 is 0.934. The molecule has 7 nitrogen and oxygen atoms in total. The maximum absolute atomic E-state index is 13.3. The number of benzene rings is 1. The maximum Gasteiger partial charge on any atom is 0.277 e. The topological polar surface area (TPSA) is 93.4 Å². The van der Waals surface area contributed by atoms with Crippen LogP contribution >= 0.6 is 11.6 Å². The van der Waals surface area contributed by atoms with Crippen LogP contribution in [0.1, 0.15) is 32.3 Å². The molecule has 0 spiro atoms. The van der Waals surface area contributed by atoms with E-state index in [1.165, 1.54) is 17.7 Å². The molecule has 0 atom stereocenters. The Morgan fingerprint density at radius 3 is 2.55 bits per heavy atom. The first-order valence-corrected chi connectivity index (χ1v) is 10.3. The highest BCUT2D eigenvalue weighted by atomic mass is 35.5. The third-order valence-corrected chi connectivity index (χ3v) is 6.78. The number of fused-ring (bicyclic) bond motifs is 4. The van der Waals surface area contributed by atoms with E-state index in [0.717, 1.165) is 43.5 Å². The minimum absolute atomic E-state index is 0.0739. The maximum atomic E-state index is 13.3. The predicted octanol–water partition coefficient (Wildman–Crippen LogP) is 2.96. The Balaban J connectivity index is 1.83. The lowest BCUT2D eigenvalue weighted by atomic mass is 9.98. The second-order valence-electron chi connectivity index (χ2n) is 8.46. The van der Waals surface area contributed by atoms with E-state index in [4.69, 9.17) is 11.6 Å². The zero-order valence-corrected chi connectivity index (χ0v) is 17.7. The number of carbonyl (C=O) groups is 1. The van der Waals surface area contributed by atoms with Crippen LogP contribution in [0.4, 0.5) is 0 Å². The van der Waals surface area contributed by atoms with Gasteiger partial charge in [0.15, 0.2) is 17.2 Å². The van der Waals surface area contributed by atoms with E-state index >= 15 is 0 Å². The summed E-state index contributed by atoms with van der Waals surface area (Å²) in [4.78, 5) is 15.0. The molecule has 29 heavy (non-hydrogen) atoms. The van der Waals surface area contributed by atoms with Crippen molar-refractivity contribution in [2.75, 3.05) is 32.7 Å². The molecular weight excluding hydrogens is 394 g/mol. The standard InChI is InChI=1S/C21H28ClN3O4/c1-13(2)14(3)12-25-9-6-15(7-10-25)24(8-11-25)21(28)19(23-29)16-4-5-17(26)20(27)18(16)22/h4-5,13,15H,3,6-12H2,1-2H3,(H2-,23,26,27,28,29)/p+1. The first-order chi connectivity index (χ1) is 13.7. The van der Waals surface area contributed by atoms with Gasteiger partial charge in [-0.3, -0.25) is 4.79 Å². The number of hydrogen-bond acceptors (Lipinski definition) is 5. The zero-order chi connectivity index (χ0) is 21.3. The number of phenolic OH excluding ortho intramolecular Hbond substituents is 2. The van der Waals surface area contributed by atoms with E-state index in [0.29, 0.717) is 12.5 Å². The second-order valence-corrected chi connectivity index (χ2v) is 8.83. The summed E-state index contributed by atoms with van der Waals surface area (Å²) in [6, 6.07) is 2.65. The van der Waals surface area contributed by atoms with Crippen molar-refractivity contribution in [3.63, 3.8) is 0 Å². The number of hydrogen-bond donors (Lipinski definition) is 3. The quantitative estimate of drug-likeness (QED) is 0.170. The normalized spacial score (nSPS) is 24.6. The average Bonchev–Trinajstić information content (AvgIpc) is 2.98. The number of oxime groups is 1. The van der Waals surface area contributed by atoms with E-state index < -0.39 is 17.4 Å². The summed E-state index contributed by atoms with van der Waals surface area (Å²) in [5.41, 5.74) is 1.08. The van der Waals surface area contributed by atoms with Gasteiger partial charge in [0.05, 0.1) is 31.2 Å². The number of piperidine rings is 1. The summed E-state index contributed by atoms with van der Waals surface area (Å²) in [5.74, 6) is -0.938. The second kappa shape index (κ2) is 8.24. The Morgan fingerprint density at radius 1 is 1.31 bits per heavy atom. The molecule has 0 unspecified atom stereocenters. The third kappa shape index (κ3) is 4.07. The number of carbonyl (C=O) groups excluding carboxylic acids is 1. The molecule has 3 saturated heterocycles. The van der Waals surface area contributed by atoms with Gasteiger partial charge in [0.2, 0.25) is 0 Å². The number of nitrogens with zero attached hydrogens (tertiary/aromatic N) is 3. The van der Waals surface area contributed by atoms with Crippen LogP contribution < -0.4 is 0 Å². The van der Waals surface area contributed by atoms with Gasteiger partial charge in [-0.2, -0.15) is 0 Å². The SMILES string of the molecule is C=C(C[N+]12CCC(CC1)N(C(=O)C(=NO)c1ccc(O)c(O)c1Cl)CC2)C(C)C. The van der Waals surface area contributed by atoms with Crippen molar-refractivity contribution < 1.29 is 24.7 Å². The van der Waals surface area contributed by atoms with E-state index in [1.807, 2.05) is 0 Å². The molecule has 8 heteroatoms. The number of rotatable bonds is 5. The zero-order valence-electron chi connectivity index (χ0n) is 16.9. The van der Waals surface area contributed by atoms with Crippen molar-refractivity contribution in [1.29, 1.82) is 0 Å². The van der Waals surface area contributed by atoms with Gasteiger partial charge in [0.1, 0.15) is 6.54 Å². The largest absolute Gasteiger partial charge is 0.504 e. The van der Waals surface area contributed by atoms with Crippen molar-refractivity contribution in [2.45, 2.75) is 32.7 Å². The molecular formula is C21H29ClN3O4+. The predicted molar refractivity (Wildman–Crippen MR) is 112 cm³/mol. The molecule has 4 rings (SSSR count). The van der Waals surface area contributed by atoms with Gasteiger partial charge < -0.3 is 24.8 Å². The third-order valence-electron chi connectivity index (χ3n) is 6.40. The Labute approximate surface area is 176 Å². The first-order valence-electron chi connectivity index (χ1n) is 9.95. The molecule has 1 aromatic rings. The lowest BCUT2D eigenvalue weighted by Gasteiger charge is -2.41. The summed E-state index contributed by atoms with van der Waals surface area (Å²) in [6.45, 7) is 12.8. The molecule has 0 radical (unpaired) electrons. The molecule has 158 valence electrons. The summed E-state index contributed by atoms with van der Waals surface area (Å²) >= 11 is 6.09. The number of quaternary nitrogens is 1. The van der Waals surface area contributed by atoms with E-state index in [-0.39, 0.29) is 22.3 Å². The smallest absolute Gasteiger partial charge is 0.277 e. The molecule has 1 amide bonds. The van der Waals surface area contributed by atoms with Gasteiger partial charge in [0, 0.05) is 24.4 Å². The molecule has 0 aromatic heterocycles. The lowest BCUT2D eigenvalue weighted by Crippen LogP contribution is -2.54. The Bertz CT molecular complexity index is 845. The van der Waals surface area contributed by atoms with Crippen molar-refractivity contribution in [2.24, 2.45) is 11.1 Å². The minimum atomic E-state index is -0.544. The van der Waals surface area contributed by atoms with Gasteiger partial charge in [-0.1, -0.05) is 37.2 Å².